The molecule has 0 bridgehead atoms. The molecule has 0 spiro atoms. The molecule has 1 aromatic heterocycles. The molecule has 0 saturated carbocycles. The van der Waals surface area contributed by atoms with Crippen molar-refractivity contribution in [2.24, 2.45) is 0 Å². The lowest BCUT2D eigenvalue weighted by atomic mass is 9.91. The van der Waals surface area contributed by atoms with Crippen LogP contribution in [-0.2, 0) is 6.42 Å². The Kier molecular flexibility index (Phi) is 5.60. The van der Waals surface area contributed by atoms with Gasteiger partial charge in [-0.15, -0.1) is 17.9 Å². The first kappa shape index (κ1) is 17.8. The maximum atomic E-state index is 5.65. The minimum atomic E-state index is 0.0772. The number of benzene rings is 1. The van der Waals surface area contributed by atoms with Gasteiger partial charge < -0.3 is 19.7 Å². The fraction of sp³-hybridized carbons (Fsp3) is 0.316. The molecule has 1 aliphatic heterocycles. The molecule has 1 aromatic carbocycles. The number of nitrogens with one attached hydrogen (secondary N) is 1. The van der Waals surface area contributed by atoms with E-state index in [0.29, 0.717) is 6.54 Å². The molecule has 1 atom stereocenters. The summed E-state index contributed by atoms with van der Waals surface area (Å²) < 4.78 is 11.0. The second-order valence-electron chi connectivity index (χ2n) is 5.74. The summed E-state index contributed by atoms with van der Waals surface area (Å²) >= 11 is 7.39. The van der Waals surface area contributed by atoms with Gasteiger partial charge in [0.05, 0.1) is 20.3 Å². The first-order valence-corrected chi connectivity index (χ1v) is 9.42. The Morgan fingerprint density at radius 2 is 2.16 bits per heavy atom. The van der Waals surface area contributed by atoms with Gasteiger partial charge >= 0.3 is 0 Å². The Labute approximate surface area is 158 Å². The topological polar surface area (TPSA) is 33.7 Å². The van der Waals surface area contributed by atoms with Crippen molar-refractivity contribution in [3.63, 3.8) is 0 Å². The highest BCUT2D eigenvalue weighted by Gasteiger charge is 2.32. The molecule has 0 unspecified atom stereocenters. The van der Waals surface area contributed by atoms with Crippen LogP contribution in [0.4, 0.5) is 0 Å². The van der Waals surface area contributed by atoms with E-state index in [9.17, 15) is 0 Å². The number of hydrogen-bond acceptors (Lipinski definition) is 4. The second-order valence-corrected chi connectivity index (χ2v) is 7.11. The predicted molar refractivity (Wildman–Crippen MR) is 107 cm³/mol. The zero-order chi connectivity index (χ0) is 17.8. The summed E-state index contributed by atoms with van der Waals surface area (Å²) in [5, 5.41) is 6.11. The average molecular weight is 375 g/mol. The van der Waals surface area contributed by atoms with Gasteiger partial charge in [-0.2, -0.15) is 0 Å². The van der Waals surface area contributed by atoms with E-state index in [1.54, 1.807) is 25.6 Å². The molecule has 4 nitrogen and oxygen atoms in total. The molecule has 2 heterocycles. The van der Waals surface area contributed by atoms with E-state index < -0.39 is 0 Å². The Balaban J connectivity index is 2.06. The Morgan fingerprint density at radius 1 is 1.40 bits per heavy atom. The van der Waals surface area contributed by atoms with Crippen LogP contribution >= 0.6 is 23.6 Å². The molecule has 25 heavy (non-hydrogen) atoms. The molecule has 0 amide bonds. The first-order chi connectivity index (χ1) is 12.2. The largest absolute Gasteiger partial charge is 0.493 e. The van der Waals surface area contributed by atoms with Crippen LogP contribution in [0.3, 0.4) is 0 Å². The summed E-state index contributed by atoms with van der Waals surface area (Å²) in [6.45, 7) is 5.27. The molecule has 0 saturated heterocycles. The van der Waals surface area contributed by atoms with Crippen molar-refractivity contribution in [1.82, 2.24) is 10.2 Å². The van der Waals surface area contributed by atoms with Crippen LogP contribution in [-0.4, -0.2) is 37.3 Å². The fourth-order valence-electron chi connectivity index (χ4n) is 3.18. The fourth-order valence-corrected chi connectivity index (χ4v) is 4.31. The quantitative estimate of drug-likeness (QED) is 0.636. The molecular formula is C19H22N2O2S2. The Bertz CT molecular complexity index is 759. The number of nitrogens with zero attached hydrogens (tertiary/aromatic N) is 1. The van der Waals surface area contributed by atoms with Crippen molar-refractivity contribution in [3.05, 3.63) is 58.3 Å². The number of methoxy groups -OCH3 is 2. The average Bonchev–Trinajstić information content (AvgIpc) is 3.18. The Hall–Kier alpha value is -2.05. The van der Waals surface area contributed by atoms with Crippen molar-refractivity contribution in [2.45, 2.75) is 12.5 Å². The van der Waals surface area contributed by atoms with E-state index in [4.69, 9.17) is 21.7 Å². The molecular weight excluding hydrogens is 352 g/mol. The maximum Gasteiger partial charge on any atom is 0.170 e. The standard InChI is InChI=1S/C19H22N2O2S2/c1-4-8-20-19(24)21-9-7-13-11-15(22-2)16(23-3)12-14(13)18(21)17-6-5-10-25-17/h4-6,10-12,18H,1,7-9H2,2-3H3,(H,20,24)/t18-/m0/s1. The van der Waals surface area contributed by atoms with Gasteiger partial charge in [0.1, 0.15) is 0 Å². The zero-order valence-electron chi connectivity index (χ0n) is 14.5. The number of thiophene rings is 1. The van der Waals surface area contributed by atoms with Gasteiger partial charge in [0.15, 0.2) is 16.6 Å². The zero-order valence-corrected chi connectivity index (χ0v) is 16.1. The second kappa shape index (κ2) is 7.89. The van der Waals surface area contributed by atoms with Crippen LogP contribution in [0.1, 0.15) is 22.0 Å². The van der Waals surface area contributed by atoms with Crippen LogP contribution in [0.5, 0.6) is 11.5 Å². The first-order valence-electron chi connectivity index (χ1n) is 8.13. The van der Waals surface area contributed by atoms with Crippen molar-refractivity contribution in [2.75, 3.05) is 27.3 Å². The van der Waals surface area contributed by atoms with E-state index in [1.807, 2.05) is 6.08 Å². The monoisotopic (exact) mass is 374 g/mol. The molecule has 0 radical (unpaired) electrons. The molecule has 132 valence electrons. The van der Waals surface area contributed by atoms with Gasteiger partial charge in [0.2, 0.25) is 0 Å². The third kappa shape index (κ3) is 3.50. The smallest absolute Gasteiger partial charge is 0.170 e. The number of fused-ring (bicyclic) bond motifs is 1. The summed E-state index contributed by atoms with van der Waals surface area (Å²) in [7, 11) is 3.34. The predicted octanol–water partition coefficient (Wildman–Crippen LogP) is 3.77. The highest BCUT2D eigenvalue weighted by Crippen LogP contribution is 2.42. The SMILES string of the molecule is C=CCNC(=S)N1CCc2cc(OC)c(OC)cc2[C@H]1c1cccs1. The highest BCUT2D eigenvalue weighted by molar-refractivity contribution is 7.80. The number of rotatable bonds is 5. The summed E-state index contributed by atoms with van der Waals surface area (Å²) in [6, 6.07) is 8.48. The molecule has 1 aliphatic rings. The summed E-state index contributed by atoms with van der Waals surface area (Å²) in [5.41, 5.74) is 2.49. The third-order valence-electron chi connectivity index (χ3n) is 4.34. The number of ether oxygens (including phenoxy) is 2. The van der Waals surface area contributed by atoms with Gasteiger partial charge in [-0.25, -0.2) is 0 Å². The van der Waals surface area contributed by atoms with Crippen LogP contribution in [0.25, 0.3) is 0 Å². The van der Waals surface area contributed by atoms with E-state index in [-0.39, 0.29) is 6.04 Å². The number of thiocarbonyl (C=S) groups is 1. The van der Waals surface area contributed by atoms with E-state index >= 15 is 0 Å². The van der Waals surface area contributed by atoms with Gasteiger partial charge in [0, 0.05) is 18.0 Å². The lowest BCUT2D eigenvalue weighted by Gasteiger charge is -2.39. The normalized spacial score (nSPS) is 16.1. The molecule has 0 fully saturated rings. The van der Waals surface area contributed by atoms with Gasteiger partial charge in [-0.05, 0) is 53.3 Å². The van der Waals surface area contributed by atoms with Gasteiger partial charge in [-0.3, -0.25) is 0 Å². The lowest BCUT2D eigenvalue weighted by molar-refractivity contribution is 0.327. The molecule has 6 heteroatoms. The number of hydrogen-bond donors (Lipinski definition) is 1. The van der Waals surface area contributed by atoms with E-state index in [1.165, 1.54) is 16.0 Å². The van der Waals surface area contributed by atoms with Crippen LogP contribution in [0, 0.1) is 0 Å². The van der Waals surface area contributed by atoms with Crippen molar-refractivity contribution < 1.29 is 9.47 Å². The van der Waals surface area contributed by atoms with Crippen LogP contribution in [0.15, 0.2) is 42.3 Å². The molecule has 1 N–H and O–H groups in total. The third-order valence-corrected chi connectivity index (χ3v) is 5.65. The molecule has 0 aliphatic carbocycles. The van der Waals surface area contributed by atoms with Gasteiger partial charge in [0.25, 0.3) is 0 Å². The minimum Gasteiger partial charge on any atom is -0.493 e. The van der Waals surface area contributed by atoms with E-state index in [0.717, 1.165) is 29.6 Å². The van der Waals surface area contributed by atoms with E-state index in [2.05, 4.69) is 46.4 Å². The van der Waals surface area contributed by atoms with Crippen LogP contribution < -0.4 is 14.8 Å². The van der Waals surface area contributed by atoms with Crippen molar-refractivity contribution >= 4 is 28.7 Å². The van der Waals surface area contributed by atoms with Crippen molar-refractivity contribution in [3.8, 4) is 11.5 Å². The molecule has 3 rings (SSSR count). The van der Waals surface area contributed by atoms with Crippen molar-refractivity contribution in [1.29, 1.82) is 0 Å². The summed E-state index contributed by atoms with van der Waals surface area (Å²) in [6.07, 6.45) is 2.73. The minimum absolute atomic E-state index is 0.0772. The maximum absolute atomic E-state index is 5.65. The van der Waals surface area contributed by atoms with Gasteiger partial charge in [-0.1, -0.05) is 12.1 Å². The summed E-state index contributed by atoms with van der Waals surface area (Å²) in [4.78, 5) is 3.51. The molecule has 2 aromatic rings. The summed E-state index contributed by atoms with van der Waals surface area (Å²) in [5.74, 6) is 1.52. The highest BCUT2D eigenvalue weighted by atomic mass is 32.1. The lowest BCUT2D eigenvalue weighted by Crippen LogP contribution is -2.45. The van der Waals surface area contributed by atoms with Crippen LogP contribution in [0.2, 0.25) is 0 Å². The Morgan fingerprint density at radius 3 is 2.80 bits per heavy atom.